The van der Waals surface area contributed by atoms with E-state index in [1.807, 2.05) is 6.08 Å². The van der Waals surface area contributed by atoms with E-state index in [9.17, 15) is 0 Å². The number of allylic oxidation sites excluding steroid dienone is 1. The molecule has 0 bridgehead atoms. The van der Waals surface area contributed by atoms with Crippen LogP contribution >= 0.6 is 7.92 Å². The van der Waals surface area contributed by atoms with Gasteiger partial charge >= 0.3 is 20.4 Å². The van der Waals surface area contributed by atoms with Crippen molar-refractivity contribution in [2.45, 2.75) is 113 Å². The van der Waals surface area contributed by atoms with Crippen LogP contribution in [0.2, 0.25) is 0 Å². The van der Waals surface area contributed by atoms with E-state index in [4.69, 9.17) is 0 Å². The van der Waals surface area contributed by atoms with Crippen molar-refractivity contribution in [2.24, 2.45) is 0 Å². The third-order valence-electron chi connectivity index (χ3n) is 5.99. The van der Waals surface area contributed by atoms with Crippen LogP contribution in [0.4, 0.5) is 0 Å². The van der Waals surface area contributed by atoms with E-state index in [0.29, 0.717) is 7.92 Å². The first-order valence-corrected chi connectivity index (χ1v) is 11.4. The van der Waals surface area contributed by atoms with Crippen LogP contribution in [0.1, 0.15) is 96.3 Å². The molecule has 0 amide bonds. The monoisotopic (exact) mass is 552 g/mol. The molecule has 0 atom stereocenters. The van der Waals surface area contributed by atoms with E-state index in [1.54, 1.807) is 77.0 Å². The zero-order chi connectivity index (χ0) is 15.6. The van der Waals surface area contributed by atoms with Crippen molar-refractivity contribution >= 4 is 7.92 Å². The Morgan fingerprint density at radius 3 is 1.04 bits per heavy atom. The standard InChI is InChI=1S/C18H33P.C3H3.HI.Pd/c1-4-10-16(11-5-1)19(17-12-6-2-7-13-17)18-14-8-3-9-15-18;1-3-2;;/h16-18H,1-15H2;1H,2H2;1H;/q;;;+2/p-1. The Bertz CT molecular complexity index is 249. The molecule has 3 rings (SSSR count). The molecule has 0 saturated heterocycles. The molecule has 3 saturated carbocycles. The van der Waals surface area contributed by atoms with Gasteiger partial charge in [0.2, 0.25) is 0 Å². The van der Waals surface area contributed by atoms with Crippen LogP contribution in [-0.4, -0.2) is 17.0 Å². The maximum atomic E-state index is 4.49. The number of rotatable bonds is 3. The largest absolute Gasteiger partial charge is 2.00 e. The quantitative estimate of drug-likeness (QED) is 0.281. The number of hydrogen-bond donors (Lipinski definition) is 0. The van der Waals surface area contributed by atoms with Gasteiger partial charge in [0.15, 0.2) is 0 Å². The summed E-state index contributed by atoms with van der Waals surface area (Å²) in [5.74, 6) is 0. The van der Waals surface area contributed by atoms with Crippen molar-refractivity contribution in [1.82, 2.24) is 0 Å². The minimum atomic E-state index is 0. The molecule has 3 aliphatic rings. The zero-order valence-corrected chi connectivity index (χ0v) is 19.9. The predicted molar refractivity (Wildman–Crippen MR) is 100 cm³/mol. The topological polar surface area (TPSA) is 0 Å². The van der Waals surface area contributed by atoms with Crippen molar-refractivity contribution in [3.63, 3.8) is 0 Å². The van der Waals surface area contributed by atoms with E-state index < -0.39 is 0 Å². The minimum absolute atomic E-state index is 0. The average Bonchev–Trinajstić information content (AvgIpc) is 2.59. The summed E-state index contributed by atoms with van der Waals surface area (Å²) in [7, 11) is 0.385. The third-order valence-corrected chi connectivity index (χ3v) is 10.1. The SMILES string of the molecule is C1CCC(P(C2CCCCC2)C2CCCCC2)CC1.[CH]=[C][CH2].[I-].[Pd+2]. The van der Waals surface area contributed by atoms with Crippen LogP contribution in [0.5, 0.6) is 0 Å². The molecule has 24 heavy (non-hydrogen) atoms. The molecule has 0 heterocycles. The molecule has 3 fully saturated rings. The number of hydrogen-bond acceptors (Lipinski definition) is 0. The molecule has 0 aromatic carbocycles. The molecule has 0 aromatic rings. The van der Waals surface area contributed by atoms with Gasteiger partial charge in [-0.15, -0.1) is 0 Å². The third kappa shape index (κ3) is 8.50. The first-order valence-electron chi connectivity index (χ1n) is 9.87. The Morgan fingerprint density at radius 1 is 0.625 bits per heavy atom. The van der Waals surface area contributed by atoms with Crippen LogP contribution in [0, 0.1) is 19.6 Å². The summed E-state index contributed by atoms with van der Waals surface area (Å²) in [6.07, 6.45) is 25.6. The van der Waals surface area contributed by atoms with E-state index in [1.165, 1.54) is 36.2 Å². The molecule has 3 aliphatic carbocycles. The maximum absolute atomic E-state index is 4.49. The van der Waals surface area contributed by atoms with Gasteiger partial charge in [-0.1, -0.05) is 72.3 Å². The molecule has 0 unspecified atom stereocenters. The first kappa shape index (κ1) is 25.6. The van der Waals surface area contributed by atoms with Gasteiger partial charge in [0.25, 0.3) is 0 Å². The average molecular weight is 553 g/mol. The molecule has 3 radical (unpaired) electrons. The summed E-state index contributed by atoms with van der Waals surface area (Å²) in [5.41, 5.74) is 3.57. The van der Waals surface area contributed by atoms with Crippen LogP contribution in [0.3, 0.4) is 0 Å². The van der Waals surface area contributed by atoms with Crippen LogP contribution in [-0.2, 0) is 20.4 Å². The zero-order valence-electron chi connectivity index (χ0n) is 15.3. The first-order chi connectivity index (χ1) is 10.9. The van der Waals surface area contributed by atoms with Gasteiger partial charge in [-0.05, 0) is 68.5 Å². The fourth-order valence-electron chi connectivity index (χ4n) is 5.03. The summed E-state index contributed by atoms with van der Waals surface area (Å²) < 4.78 is 0. The fraction of sp³-hybridized carbons (Fsp3) is 0.857. The van der Waals surface area contributed by atoms with Crippen LogP contribution < -0.4 is 24.0 Å². The summed E-state index contributed by atoms with van der Waals surface area (Å²) in [4.78, 5) is 0. The van der Waals surface area contributed by atoms with Gasteiger partial charge in [0, 0.05) is 0 Å². The Labute approximate surface area is 184 Å². The second-order valence-electron chi connectivity index (χ2n) is 7.53. The van der Waals surface area contributed by atoms with Crippen molar-refractivity contribution < 1.29 is 44.4 Å². The number of halogens is 1. The predicted octanol–water partition coefficient (Wildman–Crippen LogP) is 4.08. The van der Waals surface area contributed by atoms with Crippen molar-refractivity contribution in [2.75, 3.05) is 0 Å². The summed E-state index contributed by atoms with van der Waals surface area (Å²) in [5, 5.41) is 0. The van der Waals surface area contributed by atoms with Gasteiger partial charge in [0.05, 0.1) is 0 Å². The normalized spacial score (nSPS) is 23.4. The van der Waals surface area contributed by atoms with Crippen LogP contribution in [0.15, 0.2) is 0 Å². The van der Waals surface area contributed by atoms with Gasteiger partial charge in [-0.25, -0.2) is 0 Å². The maximum Gasteiger partial charge on any atom is 2.00 e. The molecule has 0 nitrogen and oxygen atoms in total. The van der Waals surface area contributed by atoms with Crippen molar-refractivity contribution in [3.8, 4) is 0 Å². The summed E-state index contributed by atoms with van der Waals surface area (Å²) in [6.45, 7) is 7.50. The molecule has 0 aromatic heterocycles. The Balaban J connectivity index is 0.000000988. The van der Waals surface area contributed by atoms with Crippen molar-refractivity contribution in [3.05, 3.63) is 19.6 Å². The van der Waals surface area contributed by atoms with E-state index in [-0.39, 0.29) is 44.4 Å². The van der Waals surface area contributed by atoms with Crippen molar-refractivity contribution in [1.29, 1.82) is 0 Å². The van der Waals surface area contributed by atoms with Gasteiger partial charge in [-0.2, -0.15) is 0 Å². The molecule has 0 spiro atoms. The van der Waals surface area contributed by atoms with E-state index in [0.717, 1.165) is 0 Å². The second kappa shape index (κ2) is 15.6. The van der Waals surface area contributed by atoms with Gasteiger partial charge in [0.1, 0.15) is 0 Å². The van der Waals surface area contributed by atoms with Crippen LogP contribution in [0.25, 0.3) is 0 Å². The molecule has 0 aliphatic heterocycles. The Hall–Kier alpha value is 1.56. The molecular weight excluding hydrogens is 517 g/mol. The van der Waals surface area contributed by atoms with Gasteiger partial charge in [-0.3, -0.25) is 0 Å². The molecule has 3 heteroatoms. The fourth-order valence-corrected chi connectivity index (χ4v) is 9.71. The van der Waals surface area contributed by atoms with E-state index in [2.05, 4.69) is 13.5 Å². The Kier molecular flexibility index (Phi) is 16.6. The van der Waals surface area contributed by atoms with Gasteiger partial charge < -0.3 is 24.0 Å². The minimum Gasteiger partial charge on any atom is -1.00 e. The Morgan fingerprint density at radius 2 is 0.833 bits per heavy atom. The second-order valence-corrected chi connectivity index (χ2v) is 10.6. The molecular formula is C21H36IPPd+. The molecule has 141 valence electrons. The molecule has 0 N–H and O–H groups in total. The van der Waals surface area contributed by atoms with E-state index >= 15 is 0 Å². The smallest absolute Gasteiger partial charge is 1.00 e. The summed E-state index contributed by atoms with van der Waals surface area (Å²) in [6, 6.07) is 0. The summed E-state index contributed by atoms with van der Waals surface area (Å²) >= 11 is 0.